The van der Waals surface area contributed by atoms with Gasteiger partial charge in [0.05, 0.1) is 5.69 Å². The van der Waals surface area contributed by atoms with Crippen LogP contribution in [0.1, 0.15) is 22.5 Å². The zero-order valence-corrected chi connectivity index (χ0v) is 14.1. The summed E-state index contributed by atoms with van der Waals surface area (Å²) in [6.45, 7) is 8.78. The average Bonchev–Trinajstić information content (AvgIpc) is 2.43. The number of rotatable bonds is 2. The standard InChI is InChI=1S/C19H21NSi/c1-16-7-5-10-19(20-16)12-11-17-8-6-9-18(15-17)13-14-21(2,3)4/h5-12,15H,1-4H3/b12-11+. The Morgan fingerprint density at radius 2 is 1.76 bits per heavy atom. The molecule has 0 aliphatic rings. The molecule has 0 fully saturated rings. The molecule has 0 bridgehead atoms. The number of hydrogen-bond donors (Lipinski definition) is 0. The Labute approximate surface area is 128 Å². The fraction of sp³-hybridized carbons (Fsp3) is 0.211. The second-order valence-corrected chi connectivity index (χ2v) is 10.9. The molecule has 0 saturated heterocycles. The first-order valence-corrected chi connectivity index (χ1v) is 10.7. The van der Waals surface area contributed by atoms with Crippen LogP contribution in [0.15, 0.2) is 42.5 Å². The zero-order valence-electron chi connectivity index (χ0n) is 13.1. The van der Waals surface area contributed by atoms with Crippen LogP contribution < -0.4 is 0 Å². The number of benzene rings is 1. The number of hydrogen-bond acceptors (Lipinski definition) is 1. The zero-order chi connectivity index (χ0) is 15.3. The average molecular weight is 291 g/mol. The number of nitrogens with zero attached hydrogens (tertiary/aromatic N) is 1. The molecule has 2 heteroatoms. The molecule has 1 aromatic carbocycles. The van der Waals surface area contributed by atoms with Gasteiger partial charge in [0.1, 0.15) is 8.07 Å². The van der Waals surface area contributed by atoms with Gasteiger partial charge in [-0.15, -0.1) is 5.54 Å². The maximum absolute atomic E-state index is 4.47. The van der Waals surface area contributed by atoms with Crippen LogP contribution in [0.25, 0.3) is 12.2 Å². The molecule has 0 spiro atoms. The van der Waals surface area contributed by atoms with Crippen LogP contribution >= 0.6 is 0 Å². The van der Waals surface area contributed by atoms with Gasteiger partial charge >= 0.3 is 0 Å². The Hall–Kier alpha value is -2.11. The lowest BCUT2D eigenvalue weighted by Crippen LogP contribution is -2.16. The molecule has 0 atom stereocenters. The largest absolute Gasteiger partial charge is 0.254 e. The summed E-state index contributed by atoms with van der Waals surface area (Å²) < 4.78 is 0. The summed E-state index contributed by atoms with van der Waals surface area (Å²) in [5.41, 5.74) is 7.65. The van der Waals surface area contributed by atoms with Gasteiger partial charge in [-0.05, 0) is 42.8 Å². The SMILES string of the molecule is Cc1cccc(/C=C/c2cccc(C#C[Si](C)(C)C)c2)n1. The Balaban J connectivity index is 2.19. The van der Waals surface area contributed by atoms with E-state index in [4.69, 9.17) is 0 Å². The van der Waals surface area contributed by atoms with Gasteiger partial charge in [-0.1, -0.05) is 49.8 Å². The molecule has 106 valence electrons. The highest BCUT2D eigenvalue weighted by molar-refractivity contribution is 6.83. The van der Waals surface area contributed by atoms with Gasteiger partial charge in [-0.3, -0.25) is 4.98 Å². The molecule has 0 saturated carbocycles. The van der Waals surface area contributed by atoms with E-state index < -0.39 is 8.07 Å². The van der Waals surface area contributed by atoms with E-state index in [1.807, 2.05) is 31.2 Å². The minimum Gasteiger partial charge on any atom is -0.254 e. The van der Waals surface area contributed by atoms with E-state index in [0.29, 0.717) is 0 Å². The maximum Gasteiger partial charge on any atom is 0.129 e. The molecule has 2 rings (SSSR count). The van der Waals surface area contributed by atoms with Crippen molar-refractivity contribution in [2.45, 2.75) is 26.6 Å². The van der Waals surface area contributed by atoms with Crippen molar-refractivity contribution in [3.8, 4) is 11.5 Å². The predicted molar refractivity (Wildman–Crippen MR) is 94.6 cm³/mol. The van der Waals surface area contributed by atoms with Crippen molar-refractivity contribution in [3.63, 3.8) is 0 Å². The van der Waals surface area contributed by atoms with E-state index in [2.05, 4.69) is 66.4 Å². The van der Waals surface area contributed by atoms with E-state index in [1.165, 1.54) is 0 Å². The Bertz CT molecular complexity index is 712. The summed E-state index contributed by atoms with van der Waals surface area (Å²) in [6, 6.07) is 14.4. The molecule has 0 aliphatic heterocycles. The highest BCUT2D eigenvalue weighted by atomic mass is 28.3. The highest BCUT2D eigenvalue weighted by Gasteiger charge is 2.07. The fourth-order valence-electron chi connectivity index (χ4n) is 1.82. The third kappa shape index (κ3) is 5.41. The maximum atomic E-state index is 4.47. The first-order chi connectivity index (χ1) is 9.92. The molecular weight excluding hydrogens is 270 g/mol. The number of aryl methyl sites for hydroxylation is 1. The molecule has 21 heavy (non-hydrogen) atoms. The number of pyridine rings is 1. The monoisotopic (exact) mass is 291 g/mol. The summed E-state index contributed by atoms with van der Waals surface area (Å²) in [5.74, 6) is 3.29. The smallest absolute Gasteiger partial charge is 0.129 e. The van der Waals surface area contributed by atoms with Gasteiger partial charge in [-0.2, -0.15) is 0 Å². The molecule has 0 N–H and O–H groups in total. The Morgan fingerprint density at radius 1 is 1.00 bits per heavy atom. The molecule has 0 amide bonds. The molecule has 0 unspecified atom stereocenters. The Morgan fingerprint density at radius 3 is 2.48 bits per heavy atom. The van der Waals surface area contributed by atoms with E-state index in [-0.39, 0.29) is 0 Å². The van der Waals surface area contributed by atoms with Crippen LogP contribution in [-0.4, -0.2) is 13.1 Å². The molecule has 2 aromatic rings. The van der Waals surface area contributed by atoms with Crippen molar-refractivity contribution in [3.05, 3.63) is 65.0 Å². The Kier molecular flexibility index (Phi) is 4.77. The van der Waals surface area contributed by atoms with Crippen LogP contribution in [-0.2, 0) is 0 Å². The van der Waals surface area contributed by atoms with E-state index in [0.717, 1.165) is 22.5 Å². The van der Waals surface area contributed by atoms with Crippen LogP contribution in [0, 0.1) is 18.4 Å². The first kappa shape index (κ1) is 15.3. The molecule has 0 radical (unpaired) electrons. The lowest BCUT2D eigenvalue weighted by molar-refractivity contribution is 1.18. The van der Waals surface area contributed by atoms with Gasteiger partial charge in [0.2, 0.25) is 0 Å². The summed E-state index contributed by atoms with van der Waals surface area (Å²) in [6.07, 6.45) is 4.12. The quantitative estimate of drug-likeness (QED) is 0.572. The number of aromatic nitrogens is 1. The third-order valence-electron chi connectivity index (χ3n) is 2.82. The van der Waals surface area contributed by atoms with Crippen molar-refractivity contribution in [1.82, 2.24) is 4.98 Å². The van der Waals surface area contributed by atoms with Crippen LogP contribution in [0.5, 0.6) is 0 Å². The van der Waals surface area contributed by atoms with Crippen molar-refractivity contribution >= 4 is 20.2 Å². The minimum absolute atomic E-state index is 0.980. The lowest BCUT2D eigenvalue weighted by Gasteiger charge is -2.03. The van der Waals surface area contributed by atoms with Crippen molar-refractivity contribution in [2.24, 2.45) is 0 Å². The van der Waals surface area contributed by atoms with Crippen molar-refractivity contribution in [2.75, 3.05) is 0 Å². The normalized spacial score (nSPS) is 11.2. The summed E-state index contributed by atoms with van der Waals surface area (Å²) >= 11 is 0. The summed E-state index contributed by atoms with van der Waals surface area (Å²) in [5, 5.41) is 0. The third-order valence-corrected chi connectivity index (χ3v) is 3.70. The van der Waals surface area contributed by atoms with Gasteiger partial charge in [0.15, 0.2) is 0 Å². The highest BCUT2D eigenvalue weighted by Crippen LogP contribution is 2.10. The van der Waals surface area contributed by atoms with Gasteiger partial charge < -0.3 is 0 Å². The molecule has 1 nitrogen and oxygen atoms in total. The topological polar surface area (TPSA) is 12.9 Å². The van der Waals surface area contributed by atoms with Gasteiger partial charge in [0, 0.05) is 11.3 Å². The molecule has 1 heterocycles. The second-order valence-electron chi connectivity index (χ2n) is 6.16. The molecule has 1 aromatic heterocycles. The van der Waals surface area contributed by atoms with E-state index >= 15 is 0 Å². The van der Waals surface area contributed by atoms with E-state index in [1.54, 1.807) is 0 Å². The predicted octanol–water partition coefficient (Wildman–Crippen LogP) is 4.79. The van der Waals surface area contributed by atoms with Crippen LogP contribution in [0.4, 0.5) is 0 Å². The van der Waals surface area contributed by atoms with Crippen molar-refractivity contribution in [1.29, 1.82) is 0 Å². The lowest BCUT2D eigenvalue weighted by atomic mass is 10.1. The van der Waals surface area contributed by atoms with Gasteiger partial charge in [0.25, 0.3) is 0 Å². The first-order valence-electron chi connectivity index (χ1n) is 7.17. The molecule has 0 aliphatic carbocycles. The van der Waals surface area contributed by atoms with E-state index in [9.17, 15) is 0 Å². The summed E-state index contributed by atoms with van der Waals surface area (Å²) in [4.78, 5) is 4.47. The minimum atomic E-state index is -1.32. The van der Waals surface area contributed by atoms with Gasteiger partial charge in [-0.25, -0.2) is 0 Å². The fourth-order valence-corrected chi connectivity index (χ4v) is 2.34. The molecular formula is C19H21NSi. The summed E-state index contributed by atoms with van der Waals surface area (Å²) in [7, 11) is -1.32. The van der Waals surface area contributed by atoms with Crippen molar-refractivity contribution < 1.29 is 0 Å². The van der Waals surface area contributed by atoms with Crippen LogP contribution in [0.2, 0.25) is 19.6 Å². The second kappa shape index (κ2) is 6.56. The van der Waals surface area contributed by atoms with Crippen LogP contribution in [0.3, 0.4) is 0 Å².